The van der Waals surface area contributed by atoms with Crippen molar-refractivity contribution in [2.75, 3.05) is 0 Å². The van der Waals surface area contributed by atoms with Crippen molar-refractivity contribution in [2.45, 2.75) is 31.3 Å². The Bertz CT molecular complexity index is 382. The zero-order chi connectivity index (χ0) is 12.1. The standard InChI is InChI=1S/C9H12N2O5/c10-6(12)3-9-1-4(7(13)14)11(8(15)16)5(9)2-9/h4-5H,1-3H2,(H2,10,12)(H,13,14)(H,15,16)/t4-,5-,9+/m0/s1. The lowest BCUT2D eigenvalue weighted by molar-refractivity contribution is -0.142. The van der Waals surface area contributed by atoms with E-state index in [1.807, 2.05) is 0 Å². The van der Waals surface area contributed by atoms with Crippen LogP contribution in [0.4, 0.5) is 4.79 Å². The predicted octanol–water partition coefficient (Wildman–Crippen LogP) is -0.543. The fourth-order valence-electron chi connectivity index (χ4n) is 2.72. The Hall–Kier alpha value is -1.79. The molecule has 7 heteroatoms. The number of carboxylic acids is 1. The Balaban J connectivity index is 2.19. The van der Waals surface area contributed by atoms with Gasteiger partial charge < -0.3 is 15.9 Å². The Morgan fingerprint density at radius 3 is 2.31 bits per heavy atom. The lowest BCUT2D eigenvalue weighted by atomic mass is 9.95. The van der Waals surface area contributed by atoms with Crippen molar-refractivity contribution in [3.8, 4) is 0 Å². The van der Waals surface area contributed by atoms with E-state index < -0.39 is 29.4 Å². The summed E-state index contributed by atoms with van der Waals surface area (Å²) in [5.41, 5.74) is 4.55. The lowest BCUT2D eigenvalue weighted by Gasteiger charge is -2.20. The minimum atomic E-state index is -1.25. The first-order chi connectivity index (χ1) is 7.37. The largest absolute Gasteiger partial charge is 0.480 e. The summed E-state index contributed by atoms with van der Waals surface area (Å²) in [4.78, 5) is 33.6. The zero-order valence-electron chi connectivity index (χ0n) is 8.42. The Labute approximate surface area is 90.8 Å². The molecule has 0 spiro atoms. The van der Waals surface area contributed by atoms with Gasteiger partial charge in [0.1, 0.15) is 6.04 Å². The molecule has 2 amide bonds. The molecule has 16 heavy (non-hydrogen) atoms. The summed E-state index contributed by atoms with van der Waals surface area (Å²) in [6.45, 7) is 0. The molecule has 1 aliphatic carbocycles. The van der Waals surface area contributed by atoms with Crippen molar-refractivity contribution in [3.05, 3.63) is 0 Å². The van der Waals surface area contributed by atoms with E-state index in [1.54, 1.807) is 0 Å². The first-order valence-corrected chi connectivity index (χ1v) is 4.90. The quantitative estimate of drug-likeness (QED) is 0.598. The van der Waals surface area contributed by atoms with Crippen molar-refractivity contribution in [1.29, 1.82) is 0 Å². The molecule has 3 atom stereocenters. The van der Waals surface area contributed by atoms with Gasteiger partial charge in [-0.1, -0.05) is 0 Å². The van der Waals surface area contributed by atoms with Gasteiger partial charge in [-0.3, -0.25) is 9.69 Å². The highest BCUT2D eigenvalue weighted by atomic mass is 16.4. The third-order valence-corrected chi connectivity index (χ3v) is 3.45. The number of nitrogens with zero attached hydrogens (tertiary/aromatic N) is 1. The number of hydrogen-bond donors (Lipinski definition) is 3. The van der Waals surface area contributed by atoms with Crippen LogP contribution in [0.25, 0.3) is 0 Å². The molecule has 2 aliphatic rings. The van der Waals surface area contributed by atoms with E-state index in [-0.39, 0.29) is 18.9 Å². The van der Waals surface area contributed by atoms with E-state index >= 15 is 0 Å². The van der Waals surface area contributed by atoms with Crippen LogP contribution in [0, 0.1) is 5.41 Å². The van der Waals surface area contributed by atoms with Crippen LogP contribution in [-0.4, -0.2) is 45.2 Å². The summed E-state index contributed by atoms with van der Waals surface area (Å²) in [7, 11) is 0. The molecule has 2 fully saturated rings. The molecular weight excluding hydrogens is 216 g/mol. The smallest absolute Gasteiger partial charge is 0.408 e. The molecule has 7 nitrogen and oxygen atoms in total. The van der Waals surface area contributed by atoms with Crippen LogP contribution < -0.4 is 5.73 Å². The van der Waals surface area contributed by atoms with Crippen LogP contribution in [-0.2, 0) is 9.59 Å². The van der Waals surface area contributed by atoms with E-state index in [2.05, 4.69) is 0 Å². The van der Waals surface area contributed by atoms with Gasteiger partial charge in [0, 0.05) is 17.9 Å². The van der Waals surface area contributed by atoms with Crippen LogP contribution in [0.15, 0.2) is 0 Å². The molecule has 1 aliphatic heterocycles. The van der Waals surface area contributed by atoms with Crippen LogP contribution in [0.5, 0.6) is 0 Å². The maximum Gasteiger partial charge on any atom is 0.408 e. The first kappa shape index (κ1) is 10.7. The summed E-state index contributed by atoms with van der Waals surface area (Å²) in [5.74, 6) is -1.68. The molecule has 4 N–H and O–H groups in total. The SMILES string of the molecule is NC(=O)C[C@@]12C[C@@H]1N(C(=O)O)[C@H](C(=O)O)C2. The molecule has 1 saturated heterocycles. The summed E-state index contributed by atoms with van der Waals surface area (Å²) in [6, 6.07) is -1.41. The first-order valence-electron chi connectivity index (χ1n) is 4.90. The van der Waals surface area contributed by atoms with Crippen LogP contribution in [0.2, 0.25) is 0 Å². The number of primary amides is 1. The maximum absolute atomic E-state index is 10.9. The van der Waals surface area contributed by atoms with Gasteiger partial charge >= 0.3 is 12.1 Å². The second-order valence-corrected chi connectivity index (χ2v) is 4.47. The van der Waals surface area contributed by atoms with Gasteiger partial charge in [-0.2, -0.15) is 0 Å². The summed E-state index contributed by atoms with van der Waals surface area (Å²) in [6.07, 6.45) is -0.472. The highest BCUT2D eigenvalue weighted by Crippen LogP contribution is 2.61. The average molecular weight is 228 g/mol. The molecule has 1 heterocycles. The molecule has 0 aromatic carbocycles. The van der Waals surface area contributed by atoms with E-state index in [1.165, 1.54) is 0 Å². The number of aliphatic carboxylic acids is 1. The second kappa shape index (κ2) is 3.10. The fourth-order valence-corrected chi connectivity index (χ4v) is 2.72. The fraction of sp³-hybridized carbons (Fsp3) is 0.667. The Morgan fingerprint density at radius 2 is 1.94 bits per heavy atom. The van der Waals surface area contributed by atoms with Gasteiger partial charge in [0.25, 0.3) is 0 Å². The number of fused-ring (bicyclic) bond motifs is 1. The normalized spacial score (nSPS) is 35.6. The Morgan fingerprint density at radius 1 is 1.31 bits per heavy atom. The van der Waals surface area contributed by atoms with Crippen molar-refractivity contribution >= 4 is 18.0 Å². The summed E-state index contributed by atoms with van der Waals surface area (Å²) < 4.78 is 0. The van der Waals surface area contributed by atoms with Gasteiger partial charge in [-0.05, 0) is 12.8 Å². The molecule has 88 valence electrons. The molecule has 2 rings (SSSR count). The molecule has 0 aromatic heterocycles. The third-order valence-electron chi connectivity index (χ3n) is 3.45. The van der Waals surface area contributed by atoms with Crippen molar-refractivity contribution in [3.63, 3.8) is 0 Å². The Kier molecular flexibility index (Phi) is 2.08. The molecule has 0 bridgehead atoms. The van der Waals surface area contributed by atoms with E-state index in [9.17, 15) is 14.4 Å². The van der Waals surface area contributed by atoms with Gasteiger partial charge in [0.15, 0.2) is 0 Å². The summed E-state index contributed by atoms with van der Waals surface area (Å²) >= 11 is 0. The third kappa shape index (κ3) is 1.39. The maximum atomic E-state index is 10.9. The second-order valence-electron chi connectivity index (χ2n) is 4.47. The number of hydrogen-bond acceptors (Lipinski definition) is 3. The number of rotatable bonds is 3. The monoisotopic (exact) mass is 228 g/mol. The van der Waals surface area contributed by atoms with Crippen LogP contribution in [0.3, 0.4) is 0 Å². The van der Waals surface area contributed by atoms with Gasteiger partial charge in [0.05, 0.1) is 0 Å². The predicted molar refractivity (Wildman–Crippen MR) is 50.6 cm³/mol. The minimum Gasteiger partial charge on any atom is -0.480 e. The van der Waals surface area contributed by atoms with Crippen molar-refractivity contribution in [2.24, 2.45) is 11.1 Å². The van der Waals surface area contributed by atoms with Crippen molar-refractivity contribution < 1.29 is 24.6 Å². The molecular formula is C9H12N2O5. The van der Waals surface area contributed by atoms with Crippen molar-refractivity contribution in [1.82, 2.24) is 4.90 Å². The van der Waals surface area contributed by atoms with Gasteiger partial charge in [-0.25, -0.2) is 9.59 Å². The molecule has 1 saturated carbocycles. The summed E-state index contributed by atoms with van der Waals surface area (Å²) in [5, 5.41) is 17.8. The van der Waals surface area contributed by atoms with Crippen LogP contribution in [0.1, 0.15) is 19.3 Å². The number of piperidine rings is 1. The lowest BCUT2D eigenvalue weighted by Crippen LogP contribution is -2.42. The van der Waals surface area contributed by atoms with Gasteiger partial charge in [-0.15, -0.1) is 0 Å². The van der Waals surface area contributed by atoms with E-state index in [0.717, 1.165) is 4.90 Å². The highest BCUT2D eigenvalue weighted by Gasteiger charge is 2.67. The number of amides is 2. The van der Waals surface area contributed by atoms with Gasteiger partial charge in [0.2, 0.25) is 5.91 Å². The molecule has 0 radical (unpaired) electrons. The number of nitrogens with two attached hydrogens (primary N) is 1. The van der Waals surface area contributed by atoms with E-state index in [4.69, 9.17) is 15.9 Å². The topological polar surface area (TPSA) is 121 Å². The van der Waals surface area contributed by atoms with E-state index in [0.29, 0.717) is 6.42 Å². The molecule has 0 aromatic rings. The highest BCUT2D eigenvalue weighted by molar-refractivity contribution is 5.83. The van der Waals surface area contributed by atoms with Crippen LogP contribution >= 0.6 is 0 Å². The number of carbonyl (C=O) groups excluding carboxylic acids is 1. The number of likely N-dealkylation sites (tertiary alicyclic amines) is 1. The number of carboxylic acid groups (broad SMARTS) is 2. The average Bonchev–Trinajstić information content (AvgIpc) is 2.68. The zero-order valence-corrected chi connectivity index (χ0v) is 8.42. The number of carbonyl (C=O) groups is 3. The minimum absolute atomic E-state index is 0.0607. The molecule has 0 unspecified atom stereocenters.